The topological polar surface area (TPSA) is 430 Å². The van der Waals surface area contributed by atoms with Crippen molar-refractivity contribution >= 4 is 88.8 Å². The SMILES string of the molecule is CC[C@H](C)[C@@H]1NC(=O)[C@H](Cc2ccccc2)NC(=O)[C@H](CC(C)C)NC(=O)[C@H](CC(=O)O)NC(=O)[C@H](Cc2ccccc2)NC(=O)[C@@H]2CCCN2C(=O)c2ccccc2/C=C/c2ccccc2NC(=O)[C@H](CO)NC(=O)[C@H](CCCCN)NC(=O)[C@H](CCCN=C(N)N)NC1=O. The molecule has 6 rings (SSSR count). The second-order valence-corrected chi connectivity index (χ2v) is 24.5. The van der Waals surface area contributed by atoms with E-state index >= 15 is 0 Å². The van der Waals surface area contributed by atoms with E-state index < -0.39 is 138 Å². The molecule has 0 aromatic heterocycles. The van der Waals surface area contributed by atoms with E-state index in [-0.39, 0.29) is 87.7 Å². The van der Waals surface area contributed by atoms with Gasteiger partial charge in [0.1, 0.15) is 54.4 Å². The molecular weight excluding hydrogens is 1230 g/mol. The number of aliphatic imine (C=N–C) groups is 1. The molecule has 0 radical (unpaired) electrons. The van der Waals surface area contributed by atoms with Crippen LogP contribution in [-0.4, -0.2) is 167 Å². The predicted molar refractivity (Wildman–Crippen MR) is 361 cm³/mol. The minimum atomic E-state index is -1.83. The zero-order valence-corrected chi connectivity index (χ0v) is 54.7. The van der Waals surface area contributed by atoms with E-state index in [9.17, 15) is 63.0 Å². The van der Waals surface area contributed by atoms with Gasteiger partial charge in [0, 0.05) is 37.2 Å². The number of aliphatic hydroxyl groups excluding tert-OH is 1. The number of unbranched alkanes of at least 4 members (excludes halogenated alkanes) is 1. The highest BCUT2D eigenvalue weighted by molar-refractivity contribution is 6.04. The van der Waals surface area contributed by atoms with E-state index in [0.717, 1.165) is 0 Å². The smallest absolute Gasteiger partial charge is 0.305 e. The summed E-state index contributed by atoms with van der Waals surface area (Å²) in [7, 11) is 0. The molecule has 4 aromatic carbocycles. The third-order valence-electron chi connectivity index (χ3n) is 16.6. The molecule has 516 valence electrons. The summed E-state index contributed by atoms with van der Waals surface area (Å²) in [6, 6.07) is 17.5. The van der Waals surface area contributed by atoms with Gasteiger partial charge in [0.25, 0.3) is 5.91 Å². The Labute approximate surface area is 558 Å². The Bertz CT molecular complexity index is 3400. The van der Waals surface area contributed by atoms with E-state index in [1.54, 1.807) is 149 Å². The summed E-state index contributed by atoms with van der Waals surface area (Å²) < 4.78 is 0. The number of carbonyl (C=O) groups is 11. The number of carboxylic acids is 1. The first-order valence-corrected chi connectivity index (χ1v) is 32.6. The monoisotopic (exact) mass is 1320 g/mol. The number of carbonyl (C=O) groups excluding carboxylic acids is 10. The van der Waals surface area contributed by atoms with Crippen LogP contribution in [0, 0.1) is 11.8 Å². The summed E-state index contributed by atoms with van der Waals surface area (Å²) in [5.74, 6) is -11.0. The molecule has 1 saturated heterocycles. The van der Waals surface area contributed by atoms with Crippen molar-refractivity contribution in [2.24, 2.45) is 34.0 Å². The molecule has 1 fully saturated rings. The van der Waals surface area contributed by atoms with Crippen LogP contribution in [0.1, 0.15) is 125 Å². The Hall–Kier alpha value is -10.0. The number of rotatable bonds is 19. The first kappa shape index (κ1) is 75.0. The summed E-state index contributed by atoms with van der Waals surface area (Å²) in [5, 5.41) is 45.1. The molecule has 0 aliphatic carbocycles. The number of nitrogens with zero attached hydrogens (tertiary/aromatic N) is 2. The van der Waals surface area contributed by atoms with Crippen LogP contribution in [0.5, 0.6) is 0 Å². The maximum Gasteiger partial charge on any atom is 0.305 e. The molecule has 96 heavy (non-hydrogen) atoms. The Balaban J connectivity index is 1.44. The normalized spacial score (nSPS) is 23.2. The zero-order valence-electron chi connectivity index (χ0n) is 54.7. The Morgan fingerprint density at radius 1 is 0.562 bits per heavy atom. The summed E-state index contributed by atoms with van der Waals surface area (Å²) in [4.78, 5) is 164. The Kier molecular flexibility index (Phi) is 29.5. The predicted octanol–water partition coefficient (Wildman–Crippen LogP) is 1.52. The summed E-state index contributed by atoms with van der Waals surface area (Å²) >= 11 is 0. The maximum absolute atomic E-state index is 14.9. The van der Waals surface area contributed by atoms with Gasteiger partial charge in [-0.2, -0.15) is 0 Å². The van der Waals surface area contributed by atoms with Crippen LogP contribution in [0.2, 0.25) is 0 Å². The average molecular weight is 1330 g/mol. The van der Waals surface area contributed by atoms with Crippen molar-refractivity contribution in [2.75, 3.05) is 31.6 Å². The highest BCUT2D eigenvalue weighted by Crippen LogP contribution is 2.26. The number of hydrogen-bond donors (Lipinski definition) is 14. The van der Waals surface area contributed by atoms with Crippen LogP contribution in [0.3, 0.4) is 0 Å². The fraction of sp³-hybridized carbons (Fsp3) is 0.449. The van der Waals surface area contributed by atoms with Gasteiger partial charge in [-0.05, 0) is 104 Å². The summed E-state index contributed by atoms with van der Waals surface area (Å²) in [6.45, 7) is 6.51. The molecule has 10 amide bonds. The van der Waals surface area contributed by atoms with Crippen LogP contribution < -0.4 is 65.1 Å². The fourth-order valence-electron chi connectivity index (χ4n) is 11.2. The molecule has 0 saturated carbocycles. The minimum Gasteiger partial charge on any atom is -0.481 e. The van der Waals surface area contributed by atoms with Crippen LogP contribution in [0.4, 0.5) is 5.69 Å². The van der Waals surface area contributed by atoms with Gasteiger partial charge < -0.3 is 80.2 Å². The molecule has 2 heterocycles. The first-order chi connectivity index (χ1) is 46.0. The van der Waals surface area contributed by atoms with E-state index in [0.29, 0.717) is 47.9 Å². The number of nitrogens with one attached hydrogen (secondary N) is 9. The first-order valence-electron chi connectivity index (χ1n) is 32.6. The number of fused-ring (bicyclic) bond motifs is 3. The van der Waals surface area contributed by atoms with Crippen molar-refractivity contribution in [3.8, 4) is 0 Å². The summed E-state index contributed by atoms with van der Waals surface area (Å²) in [6.07, 6.45) is 3.68. The van der Waals surface area contributed by atoms with E-state index in [1.807, 2.05) is 0 Å². The lowest BCUT2D eigenvalue weighted by atomic mass is 9.96. The van der Waals surface area contributed by atoms with Gasteiger partial charge in [0.2, 0.25) is 53.2 Å². The van der Waals surface area contributed by atoms with Crippen LogP contribution >= 0.6 is 0 Å². The standard InChI is InChI=1S/C69H92N14O13/c1-5-42(4)58-67(95)76-50(29-18-34-73-69(71)72)59(87)75-49(28-16-17-33-70)60(88)81-55(40-84)65(93)74-48-27-15-13-25-46(48)32-31-45-24-12-14-26-47(45)68(96)83-35-19-30-56(83)66(94)80-52(37-43-20-8-6-9-21-43)62(90)79-54(39-57(85)86)63(91)77-51(36-41(2)3)61(89)78-53(64(92)82-58)38-44-22-10-7-11-23-44/h6-15,20-27,31-32,41-42,49-56,58,84H,5,16-19,28-30,33-40,70H2,1-4H3,(H,74,93)(H,75,87)(H,76,95)(H,77,91)(H,78,89)(H,79,90)(H,80,94)(H,81,88)(H,82,92)(H,85,86)(H4,71,72,73)/b32-31+/t42-,49-,50-,51-,52-,53-,54-,55-,56-,58-/m0/s1. The third-order valence-corrected chi connectivity index (χ3v) is 16.6. The number of guanidine groups is 1. The third kappa shape index (κ3) is 22.9. The van der Waals surface area contributed by atoms with Crippen molar-refractivity contribution in [1.82, 2.24) is 47.4 Å². The molecule has 0 unspecified atom stereocenters. The lowest BCUT2D eigenvalue weighted by Gasteiger charge is -2.30. The minimum absolute atomic E-state index is 0.00288. The molecule has 0 spiro atoms. The number of amides is 10. The molecular formula is C69H92N14O13. The van der Waals surface area contributed by atoms with Crippen LogP contribution in [0.15, 0.2) is 114 Å². The van der Waals surface area contributed by atoms with Crippen LogP contribution in [0.25, 0.3) is 12.2 Å². The molecule has 2 aliphatic rings. The largest absolute Gasteiger partial charge is 0.481 e. The number of nitrogens with two attached hydrogens (primary N) is 3. The number of aliphatic carboxylic acids is 1. The van der Waals surface area contributed by atoms with Crippen molar-refractivity contribution in [3.63, 3.8) is 0 Å². The second kappa shape index (κ2) is 37.8. The van der Waals surface area contributed by atoms with Crippen molar-refractivity contribution in [3.05, 3.63) is 137 Å². The maximum atomic E-state index is 14.9. The van der Waals surface area contributed by atoms with E-state index in [2.05, 4.69) is 52.8 Å². The molecule has 27 heteroatoms. The average Bonchev–Trinajstić information content (AvgIpc) is 1.42. The summed E-state index contributed by atoms with van der Waals surface area (Å²) in [5.41, 5.74) is 19.5. The van der Waals surface area contributed by atoms with Crippen molar-refractivity contribution in [2.45, 2.75) is 159 Å². The number of para-hydroxylation sites is 1. The fourth-order valence-corrected chi connectivity index (χ4v) is 11.2. The highest BCUT2D eigenvalue weighted by atomic mass is 16.4. The molecule has 10 atom stereocenters. The zero-order chi connectivity index (χ0) is 69.8. The Morgan fingerprint density at radius 3 is 1.65 bits per heavy atom. The van der Waals surface area contributed by atoms with Gasteiger partial charge >= 0.3 is 5.97 Å². The number of carboxylic acid groups (broad SMARTS) is 1. The Morgan fingerprint density at radius 2 is 1.05 bits per heavy atom. The lowest BCUT2D eigenvalue weighted by molar-refractivity contribution is -0.141. The van der Waals surface area contributed by atoms with Gasteiger partial charge in [0.15, 0.2) is 5.96 Å². The van der Waals surface area contributed by atoms with Gasteiger partial charge in [-0.15, -0.1) is 0 Å². The van der Waals surface area contributed by atoms with Crippen molar-refractivity contribution < 1.29 is 63.0 Å². The van der Waals surface area contributed by atoms with Gasteiger partial charge in [-0.25, -0.2) is 0 Å². The van der Waals surface area contributed by atoms with Crippen LogP contribution in [-0.2, 0) is 60.8 Å². The van der Waals surface area contributed by atoms with Gasteiger partial charge in [0.05, 0.1) is 13.0 Å². The highest BCUT2D eigenvalue weighted by Gasteiger charge is 2.40. The second-order valence-electron chi connectivity index (χ2n) is 24.5. The number of anilines is 1. The van der Waals surface area contributed by atoms with Gasteiger partial charge in [-0.3, -0.25) is 57.7 Å². The molecule has 17 N–H and O–H groups in total. The quantitative estimate of drug-likeness (QED) is 0.0359. The molecule has 0 bridgehead atoms. The van der Waals surface area contributed by atoms with Gasteiger partial charge in [-0.1, -0.05) is 143 Å². The molecule has 2 aliphatic heterocycles. The number of hydrogen-bond acceptors (Lipinski definition) is 14. The number of benzene rings is 4. The van der Waals surface area contributed by atoms with Crippen molar-refractivity contribution in [1.29, 1.82) is 0 Å². The lowest BCUT2D eigenvalue weighted by Crippen LogP contribution is -2.61. The molecule has 4 aromatic rings. The number of aliphatic hydroxyl groups is 1. The molecule has 27 nitrogen and oxygen atoms in total. The van der Waals surface area contributed by atoms with E-state index in [4.69, 9.17) is 17.2 Å². The van der Waals surface area contributed by atoms with E-state index in [1.165, 1.54) is 4.90 Å².